The first-order chi connectivity index (χ1) is 14.4. The maximum atomic E-state index is 12.8. The third-order valence-corrected chi connectivity index (χ3v) is 5.35. The minimum absolute atomic E-state index is 0.0719. The van der Waals surface area contributed by atoms with Crippen molar-refractivity contribution in [2.24, 2.45) is 0 Å². The number of aromatic amines is 1. The van der Waals surface area contributed by atoms with Crippen molar-refractivity contribution < 1.29 is 9.72 Å². The van der Waals surface area contributed by atoms with E-state index in [1.807, 2.05) is 31.2 Å². The van der Waals surface area contributed by atoms with Crippen LogP contribution < -0.4 is 5.56 Å². The quantitative estimate of drug-likeness (QED) is 0.531. The van der Waals surface area contributed by atoms with E-state index in [0.29, 0.717) is 36.3 Å². The lowest BCUT2D eigenvalue weighted by Crippen LogP contribution is -2.39. The van der Waals surface area contributed by atoms with Gasteiger partial charge >= 0.3 is 0 Å². The van der Waals surface area contributed by atoms with Gasteiger partial charge in [-0.25, -0.2) is 4.98 Å². The van der Waals surface area contributed by atoms with Gasteiger partial charge in [-0.1, -0.05) is 24.3 Å². The van der Waals surface area contributed by atoms with Gasteiger partial charge in [0.1, 0.15) is 5.82 Å². The number of H-pyrrole nitrogens is 1. The number of fused-ring (bicyclic) bond motifs is 1. The maximum Gasteiger partial charge on any atom is 0.269 e. The van der Waals surface area contributed by atoms with Crippen LogP contribution in [0.2, 0.25) is 0 Å². The summed E-state index contributed by atoms with van der Waals surface area (Å²) in [6.07, 6.45) is 1.03. The van der Waals surface area contributed by atoms with Crippen LogP contribution in [0.5, 0.6) is 0 Å². The first kappa shape index (κ1) is 19.5. The van der Waals surface area contributed by atoms with Crippen molar-refractivity contribution in [3.8, 4) is 0 Å². The van der Waals surface area contributed by atoms with Crippen LogP contribution in [0.1, 0.15) is 38.6 Å². The van der Waals surface area contributed by atoms with Gasteiger partial charge < -0.3 is 9.88 Å². The summed E-state index contributed by atoms with van der Waals surface area (Å²) >= 11 is 0. The number of aryl methyl sites for hydroxylation is 1. The lowest BCUT2D eigenvalue weighted by atomic mass is 10.0. The van der Waals surface area contributed by atoms with Crippen molar-refractivity contribution in [2.75, 3.05) is 6.54 Å². The molecule has 1 N–H and O–H groups in total. The number of hydrogen-bond donors (Lipinski definition) is 1. The highest BCUT2D eigenvalue weighted by molar-refractivity contribution is 5.94. The summed E-state index contributed by atoms with van der Waals surface area (Å²) in [6, 6.07) is 13.4. The monoisotopic (exact) mass is 404 g/mol. The summed E-state index contributed by atoms with van der Waals surface area (Å²) in [7, 11) is 0. The topological polar surface area (TPSA) is 109 Å². The summed E-state index contributed by atoms with van der Waals surface area (Å²) in [5, 5.41) is 10.8. The van der Waals surface area contributed by atoms with Crippen LogP contribution in [-0.2, 0) is 19.4 Å². The number of nitro benzene ring substituents is 1. The second-order valence-electron chi connectivity index (χ2n) is 7.32. The van der Waals surface area contributed by atoms with Gasteiger partial charge in [0.2, 0.25) is 0 Å². The lowest BCUT2D eigenvalue weighted by Gasteiger charge is -2.28. The molecule has 0 saturated heterocycles. The molecular formula is C22H20N4O4. The standard InChI is InChI=1S/C22H20N4O4/c1-14-4-2-3-5-16(14)12-20-23-19-10-11-25(13-18(19)21(27)24-20)22(28)15-6-8-17(9-7-15)26(29)30/h2-9H,10-13H2,1H3,(H,23,24,27). The number of benzene rings is 2. The van der Waals surface area contributed by atoms with Gasteiger partial charge in [-0.15, -0.1) is 0 Å². The molecule has 0 saturated carbocycles. The summed E-state index contributed by atoms with van der Waals surface area (Å²) in [6.45, 7) is 2.62. The summed E-state index contributed by atoms with van der Waals surface area (Å²) in [4.78, 5) is 44.8. The van der Waals surface area contributed by atoms with Crippen LogP contribution in [0.15, 0.2) is 53.3 Å². The molecule has 0 fully saturated rings. The van der Waals surface area contributed by atoms with Crippen LogP contribution in [-0.4, -0.2) is 32.2 Å². The number of nitrogens with zero attached hydrogens (tertiary/aromatic N) is 3. The van der Waals surface area contributed by atoms with E-state index in [0.717, 1.165) is 16.8 Å². The van der Waals surface area contributed by atoms with Gasteiger partial charge in [0.15, 0.2) is 0 Å². The summed E-state index contributed by atoms with van der Waals surface area (Å²) in [5.41, 5.74) is 3.50. The Hall–Kier alpha value is -3.81. The number of non-ortho nitro benzene ring substituents is 1. The Morgan fingerprint density at radius 2 is 1.93 bits per heavy atom. The number of aromatic nitrogens is 2. The lowest BCUT2D eigenvalue weighted by molar-refractivity contribution is -0.384. The molecule has 0 atom stereocenters. The number of nitrogens with one attached hydrogen (secondary N) is 1. The van der Waals surface area contributed by atoms with E-state index in [4.69, 9.17) is 0 Å². The molecule has 1 aromatic heterocycles. The third-order valence-electron chi connectivity index (χ3n) is 5.35. The Balaban J connectivity index is 1.54. The smallest absolute Gasteiger partial charge is 0.269 e. The molecule has 2 aromatic carbocycles. The van der Waals surface area contributed by atoms with Crippen molar-refractivity contribution in [2.45, 2.75) is 26.3 Å². The van der Waals surface area contributed by atoms with E-state index in [1.54, 1.807) is 4.90 Å². The third kappa shape index (κ3) is 3.84. The Morgan fingerprint density at radius 3 is 2.63 bits per heavy atom. The van der Waals surface area contributed by atoms with Gasteiger partial charge in [0.25, 0.3) is 17.2 Å². The molecule has 0 unspecified atom stereocenters. The van der Waals surface area contributed by atoms with Gasteiger partial charge in [-0.3, -0.25) is 19.7 Å². The molecule has 152 valence electrons. The summed E-state index contributed by atoms with van der Waals surface area (Å²) in [5.74, 6) is 0.349. The second kappa shape index (κ2) is 7.90. The average Bonchev–Trinajstić information content (AvgIpc) is 2.75. The van der Waals surface area contributed by atoms with Crippen molar-refractivity contribution in [3.63, 3.8) is 0 Å². The highest BCUT2D eigenvalue weighted by atomic mass is 16.6. The van der Waals surface area contributed by atoms with Crippen LogP contribution >= 0.6 is 0 Å². The number of carbonyl (C=O) groups is 1. The van der Waals surface area contributed by atoms with E-state index in [2.05, 4.69) is 9.97 Å². The second-order valence-corrected chi connectivity index (χ2v) is 7.32. The van der Waals surface area contributed by atoms with Crippen LogP contribution in [0.3, 0.4) is 0 Å². The largest absolute Gasteiger partial charge is 0.334 e. The molecule has 1 aliphatic rings. The first-order valence-corrected chi connectivity index (χ1v) is 9.61. The molecule has 8 heteroatoms. The molecule has 8 nitrogen and oxygen atoms in total. The van der Waals surface area contributed by atoms with Gasteiger partial charge in [-0.05, 0) is 30.2 Å². The predicted octanol–water partition coefficient (Wildman–Crippen LogP) is 2.78. The highest BCUT2D eigenvalue weighted by Gasteiger charge is 2.25. The van der Waals surface area contributed by atoms with Crippen LogP contribution in [0.4, 0.5) is 5.69 Å². The SMILES string of the molecule is Cc1ccccc1Cc1nc2c(c(=O)[nH]1)CN(C(=O)c1ccc([N+](=O)[O-])cc1)CC2. The van der Waals surface area contributed by atoms with Crippen molar-refractivity contribution >= 4 is 11.6 Å². The van der Waals surface area contributed by atoms with E-state index >= 15 is 0 Å². The molecule has 3 aromatic rings. The minimum Gasteiger partial charge on any atom is -0.334 e. The van der Waals surface area contributed by atoms with E-state index < -0.39 is 4.92 Å². The minimum atomic E-state index is -0.509. The van der Waals surface area contributed by atoms with Crippen LogP contribution in [0.25, 0.3) is 0 Å². The summed E-state index contributed by atoms with van der Waals surface area (Å²) < 4.78 is 0. The molecule has 0 spiro atoms. The van der Waals surface area contributed by atoms with Crippen LogP contribution in [0, 0.1) is 17.0 Å². The van der Waals surface area contributed by atoms with Gasteiger partial charge in [0.05, 0.1) is 22.7 Å². The maximum absolute atomic E-state index is 12.8. The Labute approximate surface area is 172 Å². The molecular weight excluding hydrogens is 384 g/mol. The van der Waals surface area contributed by atoms with Crippen molar-refractivity contribution in [1.29, 1.82) is 0 Å². The van der Waals surface area contributed by atoms with Crippen molar-refractivity contribution in [1.82, 2.24) is 14.9 Å². The first-order valence-electron chi connectivity index (χ1n) is 9.61. The fourth-order valence-corrected chi connectivity index (χ4v) is 3.63. The van der Waals surface area contributed by atoms with Crippen molar-refractivity contribution in [3.05, 3.63) is 103 Å². The number of nitro groups is 1. The van der Waals surface area contributed by atoms with E-state index in [1.165, 1.54) is 24.3 Å². The van der Waals surface area contributed by atoms with Gasteiger partial charge in [0, 0.05) is 37.1 Å². The molecule has 1 aliphatic heterocycles. The number of rotatable bonds is 4. The molecule has 2 heterocycles. The molecule has 1 amide bonds. The Morgan fingerprint density at radius 1 is 1.20 bits per heavy atom. The predicted molar refractivity (Wildman–Crippen MR) is 110 cm³/mol. The van der Waals surface area contributed by atoms with E-state index in [9.17, 15) is 19.7 Å². The molecule has 0 aliphatic carbocycles. The zero-order valence-corrected chi connectivity index (χ0v) is 16.4. The Bertz CT molecular complexity index is 1180. The number of hydrogen-bond acceptors (Lipinski definition) is 5. The van der Waals surface area contributed by atoms with Gasteiger partial charge in [-0.2, -0.15) is 0 Å². The average molecular weight is 404 g/mol. The molecule has 0 radical (unpaired) electrons. The molecule has 4 rings (SSSR count). The number of amides is 1. The number of carbonyl (C=O) groups excluding carboxylic acids is 1. The van der Waals surface area contributed by atoms with E-state index in [-0.39, 0.29) is 23.7 Å². The highest BCUT2D eigenvalue weighted by Crippen LogP contribution is 2.19. The fraction of sp³-hybridized carbons (Fsp3) is 0.227. The molecule has 30 heavy (non-hydrogen) atoms. The molecule has 0 bridgehead atoms. The zero-order valence-electron chi connectivity index (χ0n) is 16.4. The normalized spacial score (nSPS) is 13.0. The fourth-order valence-electron chi connectivity index (χ4n) is 3.63. The zero-order chi connectivity index (χ0) is 21.3. The Kier molecular flexibility index (Phi) is 5.14.